The number of hydrogen-bond donors (Lipinski definition) is 2. The first-order valence-corrected chi connectivity index (χ1v) is 8.55. The van der Waals surface area contributed by atoms with Crippen molar-refractivity contribution in [2.75, 3.05) is 5.32 Å². The summed E-state index contributed by atoms with van der Waals surface area (Å²) in [5.74, 6) is -0.885. The number of anilines is 1. The van der Waals surface area contributed by atoms with E-state index < -0.39 is 22.8 Å². The van der Waals surface area contributed by atoms with Gasteiger partial charge >= 0.3 is 0 Å². The van der Waals surface area contributed by atoms with E-state index in [-0.39, 0.29) is 22.2 Å². The van der Waals surface area contributed by atoms with Gasteiger partial charge in [-0.15, -0.1) is 0 Å². The van der Waals surface area contributed by atoms with Crippen LogP contribution in [0.15, 0.2) is 36.5 Å². The molecule has 0 spiro atoms. The van der Waals surface area contributed by atoms with Crippen LogP contribution in [0.5, 0.6) is 0 Å². The number of aromatic nitrogens is 1. The SMILES string of the molecule is Cc1ccnc(NC(=O)C(NC(=O)c2ccc(Cl)c([N+](=O)[O-])c2)C(C)C)c1. The minimum Gasteiger partial charge on any atom is -0.340 e. The number of nitrogens with one attached hydrogen (secondary N) is 2. The van der Waals surface area contributed by atoms with E-state index in [0.29, 0.717) is 5.82 Å². The van der Waals surface area contributed by atoms with Crippen LogP contribution in [0.25, 0.3) is 0 Å². The maximum Gasteiger partial charge on any atom is 0.288 e. The molecule has 1 atom stereocenters. The molecule has 0 saturated heterocycles. The Morgan fingerprint density at radius 3 is 2.52 bits per heavy atom. The van der Waals surface area contributed by atoms with Crippen LogP contribution in [-0.4, -0.2) is 27.8 Å². The fourth-order valence-electron chi connectivity index (χ4n) is 2.36. The number of hydrogen-bond acceptors (Lipinski definition) is 5. The van der Waals surface area contributed by atoms with Gasteiger partial charge in [0.25, 0.3) is 11.6 Å². The monoisotopic (exact) mass is 390 g/mol. The molecule has 0 aliphatic heterocycles. The molecule has 2 rings (SSSR count). The molecular formula is C18H19ClN4O4. The molecule has 0 aliphatic carbocycles. The molecule has 2 N–H and O–H groups in total. The highest BCUT2D eigenvalue weighted by Crippen LogP contribution is 2.25. The van der Waals surface area contributed by atoms with E-state index in [0.717, 1.165) is 11.6 Å². The summed E-state index contributed by atoms with van der Waals surface area (Å²) in [4.78, 5) is 39.4. The second-order valence-corrected chi connectivity index (χ2v) is 6.73. The lowest BCUT2D eigenvalue weighted by Crippen LogP contribution is -2.47. The summed E-state index contributed by atoms with van der Waals surface area (Å²) < 4.78 is 0. The molecular weight excluding hydrogens is 372 g/mol. The van der Waals surface area contributed by atoms with Gasteiger partial charge in [-0.2, -0.15) is 0 Å². The first-order valence-electron chi connectivity index (χ1n) is 8.17. The summed E-state index contributed by atoms with van der Waals surface area (Å²) >= 11 is 5.76. The van der Waals surface area contributed by atoms with Crippen molar-refractivity contribution in [2.24, 2.45) is 5.92 Å². The average Bonchev–Trinajstić information content (AvgIpc) is 2.59. The van der Waals surface area contributed by atoms with Crippen LogP contribution < -0.4 is 10.6 Å². The zero-order chi connectivity index (χ0) is 20.1. The number of benzene rings is 1. The van der Waals surface area contributed by atoms with Gasteiger partial charge in [-0.05, 0) is 42.7 Å². The third-order valence-electron chi connectivity index (χ3n) is 3.81. The van der Waals surface area contributed by atoms with Crippen molar-refractivity contribution in [1.29, 1.82) is 0 Å². The molecule has 0 aliphatic rings. The molecule has 2 amide bonds. The summed E-state index contributed by atoms with van der Waals surface area (Å²) in [6.07, 6.45) is 1.57. The fraction of sp³-hybridized carbons (Fsp3) is 0.278. The van der Waals surface area contributed by atoms with Gasteiger partial charge in [0, 0.05) is 17.8 Å². The summed E-state index contributed by atoms with van der Waals surface area (Å²) in [5, 5.41) is 16.2. The Hall–Kier alpha value is -3.00. The number of carbonyl (C=O) groups excluding carboxylic acids is 2. The highest BCUT2D eigenvalue weighted by atomic mass is 35.5. The Balaban J connectivity index is 2.18. The summed E-state index contributed by atoms with van der Waals surface area (Å²) in [7, 11) is 0. The Morgan fingerprint density at radius 1 is 1.22 bits per heavy atom. The lowest BCUT2D eigenvalue weighted by molar-refractivity contribution is -0.384. The van der Waals surface area contributed by atoms with Gasteiger partial charge in [-0.3, -0.25) is 19.7 Å². The van der Waals surface area contributed by atoms with E-state index in [1.807, 2.05) is 6.92 Å². The smallest absolute Gasteiger partial charge is 0.288 e. The summed E-state index contributed by atoms with van der Waals surface area (Å²) in [6, 6.07) is 6.37. The quantitative estimate of drug-likeness (QED) is 0.579. The normalized spacial score (nSPS) is 11.7. The van der Waals surface area contributed by atoms with Crippen molar-refractivity contribution in [3.63, 3.8) is 0 Å². The third-order valence-corrected chi connectivity index (χ3v) is 4.13. The maximum atomic E-state index is 12.6. The van der Waals surface area contributed by atoms with E-state index in [1.54, 1.807) is 32.2 Å². The molecule has 8 nitrogen and oxygen atoms in total. The van der Waals surface area contributed by atoms with Crippen molar-refractivity contribution < 1.29 is 14.5 Å². The maximum absolute atomic E-state index is 12.6. The van der Waals surface area contributed by atoms with E-state index in [9.17, 15) is 19.7 Å². The van der Waals surface area contributed by atoms with Gasteiger partial charge in [0.05, 0.1) is 4.92 Å². The van der Waals surface area contributed by atoms with Crippen LogP contribution in [0, 0.1) is 23.0 Å². The number of nitrogens with zero attached hydrogens (tertiary/aromatic N) is 2. The van der Waals surface area contributed by atoms with Crippen molar-refractivity contribution in [2.45, 2.75) is 26.8 Å². The molecule has 0 radical (unpaired) electrons. The molecule has 1 aromatic heterocycles. The molecule has 0 saturated carbocycles. The second-order valence-electron chi connectivity index (χ2n) is 6.33. The molecule has 2 aromatic rings. The van der Waals surface area contributed by atoms with E-state index in [1.165, 1.54) is 12.1 Å². The van der Waals surface area contributed by atoms with Crippen molar-refractivity contribution in [3.05, 3.63) is 62.8 Å². The van der Waals surface area contributed by atoms with Crippen molar-refractivity contribution >= 4 is 34.9 Å². The zero-order valence-electron chi connectivity index (χ0n) is 15.0. The summed E-state index contributed by atoms with van der Waals surface area (Å²) in [6.45, 7) is 5.42. The van der Waals surface area contributed by atoms with Crippen molar-refractivity contribution in [3.8, 4) is 0 Å². The molecule has 0 bridgehead atoms. The highest BCUT2D eigenvalue weighted by molar-refractivity contribution is 6.32. The molecule has 1 heterocycles. The van der Waals surface area contributed by atoms with Gasteiger partial charge < -0.3 is 10.6 Å². The Kier molecular flexibility index (Phi) is 6.46. The van der Waals surface area contributed by atoms with Gasteiger partial charge in [0.2, 0.25) is 5.91 Å². The standard InChI is InChI=1S/C18H19ClN4O4/c1-10(2)16(18(25)21-15-8-11(3)6-7-20-15)22-17(24)12-4-5-13(19)14(9-12)23(26)27/h4-10,16H,1-3H3,(H,22,24)(H,20,21,25). The van der Waals surface area contributed by atoms with Crippen LogP contribution in [-0.2, 0) is 4.79 Å². The predicted molar refractivity (Wildman–Crippen MR) is 102 cm³/mol. The Labute approximate surface area is 161 Å². The molecule has 27 heavy (non-hydrogen) atoms. The van der Waals surface area contributed by atoms with Crippen LogP contribution in [0.4, 0.5) is 11.5 Å². The first kappa shape index (κ1) is 20.3. The number of nitro groups is 1. The topological polar surface area (TPSA) is 114 Å². The number of amides is 2. The number of aryl methyl sites for hydroxylation is 1. The van der Waals surface area contributed by atoms with Crippen molar-refractivity contribution in [1.82, 2.24) is 10.3 Å². The number of rotatable bonds is 6. The minimum absolute atomic E-state index is 0.0400. The van der Waals surface area contributed by atoms with E-state index in [4.69, 9.17) is 11.6 Å². The van der Waals surface area contributed by atoms with Gasteiger partial charge in [-0.25, -0.2) is 4.98 Å². The number of carbonyl (C=O) groups is 2. The zero-order valence-corrected chi connectivity index (χ0v) is 15.8. The largest absolute Gasteiger partial charge is 0.340 e. The van der Waals surface area contributed by atoms with E-state index in [2.05, 4.69) is 15.6 Å². The number of halogens is 1. The van der Waals surface area contributed by atoms with Gasteiger partial charge in [0.1, 0.15) is 16.9 Å². The van der Waals surface area contributed by atoms with Crippen LogP contribution in [0.2, 0.25) is 5.02 Å². The highest BCUT2D eigenvalue weighted by Gasteiger charge is 2.26. The number of pyridine rings is 1. The lowest BCUT2D eigenvalue weighted by atomic mass is 10.0. The first-order chi connectivity index (χ1) is 12.7. The Morgan fingerprint density at radius 2 is 1.93 bits per heavy atom. The molecule has 9 heteroatoms. The Bertz CT molecular complexity index is 885. The third kappa shape index (κ3) is 5.24. The minimum atomic E-state index is -0.852. The number of nitro benzene ring substituents is 1. The lowest BCUT2D eigenvalue weighted by Gasteiger charge is -2.21. The summed E-state index contributed by atoms with van der Waals surface area (Å²) in [5.41, 5.74) is 0.593. The van der Waals surface area contributed by atoms with E-state index >= 15 is 0 Å². The molecule has 1 aromatic carbocycles. The van der Waals surface area contributed by atoms with Gasteiger partial charge in [-0.1, -0.05) is 25.4 Å². The van der Waals surface area contributed by atoms with Crippen LogP contribution >= 0.6 is 11.6 Å². The molecule has 1 unspecified atom stereocenters. The van der Waals surface area contributed by atoms with Gasteiger partial charge in [0.15, 0.2) is 0 Å². The molecule has 142 valence electrons. The average molecular weight is 391 g/mol. The predicted octanol–water partition coefficient (Wildman–Crippen LogP) is 3.34. The molecule has 0 fully saturated rings. The second kappa shape index (κ2) is 8.59. The van der Waals surface area contributed by atoms with Crippen LogP contribution in [0.1, 0.15) is 29.8 Å². The fourth-order valence-corrected chi connectivity index (χ4v) is 2.55. The van der Waals surface area contributed by atoms with Crippen LogP contribution in [0.3, 0.4) is 0 Å².